The third-order valence-electron chi connectivity index (χ3n) is 3.10. The Balaban J connectivity index is 1.85. The van der Waals surface area contributed by atoms with Crippen LogP contribution in [0.15, 0.2) is 42.5 Å². The maximum absolute atomic E-state index is 13.4. The highest BCUT2D eigenvalue weighted by molar-refractivity contribution is 5.93. The maximum atomic E-state index is 13.4. The molecule has 0 radical (unpaired) electrons. The minimum absolute atomic E-state index is 0.0516. The van der Waals surface area contributed by atoms with Gasteiger partial charge in [0.15, 0.2) is 0 Å². The molecule has 0 atom stereocenters. The minimum Gasteiger partial charge on any atom is -0.398 e. The van der Waals surface area contributed by atoms with E-state index in [0.29, 0.717) is 16.9 Å². The number of anilines is 2. The van der Waals surface area contributed by atoms with Crippen molar-refractivity contribution in [1.29, 1.82) is 0 Å². The Morgan fingerprint density at radius 3 is 2.76 bits per heavy atom. The number of halogens is 1. The van der Waals surface area contributed by atoms with Crippen LogP contribution in [0.3, 0.4) is 0 Å². The molecule has 0 aromatic heterocycles. The van der Waals surface area contributed by atoms with Crippen molar-refractivity contribution >= 4 is 17.3 Å². The van der Waals surface area contributed by atoms with E-state index in [1.54, 1.807) is 36.4 Å². The van der Waals surface area contributed by atoms with Crippen LogP contribution in [0.2, 0.25) is 0 Å². The van der Waals surface area contributed by atoms with Crippen molar-refractivity contribution in [2.24, 2.45) is 0 Å². The molecule has 5 heteroatoms. The molecule has 0 aliphatic rings. The largest absolute Gasteiger partial charge is 0.398 e. The molecule has 1 amide bonds. The van der Waals surface area contributed by atoms with Gasteiger partial charge < -0.3 is 15.8 Å². The Labute approximate surface area is 122 Å². The van der Waals surface area contributed by atoms with Gasteiger partial charge in [-0.05, 0) is 30.7 Å². The van der Waals surface area contributed by atoms with E-state index in [0.717, 1.165) is 5.56 Å². The average Bonchev–Trinajstić information content (AvgIpc) is 2.46. The predicted octanol–water partition coefficient (Wildman–Crippen LogP) is 2.87. The second-order valence-corrected chi connectivity index (χ2v) is 4.65. The van der Waals surface area contributed by atoms with Gasteiger partial charge in [0, 0.05) is 16.9 Å². The van der Waals surface area contributed by atoms with Crippen LogP contribution < -0.4 is 11.1 Å². The molecule has 0 heterocycles. The molecule has 2 aromatic rings. The summed E-state index contributed by atoms with van der Waals surface area (Å²) in [4.78, 5) is 11.8. The Hall–Kier alpha value is -2.40. The fourth-order valence-corrected chi connectivity index (χ4v) is 1.84. The number of carbonyl (C=O) groups is 1. The van der Waals surface area contributed by atoms with Crippen molar-refractivity contribution in [1.82, 2.24) is 0 Å². The summed E-state index contributed by atoms with van der Waals surface area (Å²) in [5.41, 5.74) is 8.25. The Morgan fingerprint density at radius 2 is 2.00 bits per heavy atom. The lowest BCUT2D eigenvalue weighted by Crippen LogP contribution is -2.19. The van der Waals surface area contributed by atoms with Crippen LogP contribution in [0.5, 0.6) is 0 Å². The maximum Gasteiger partial charge on any atom is 0.250 e. The summed E-state index contributed by atoms with van der Waals surface area (Å²) in [6, 6.07) is 11.6. The highest BCUT2D eigenvalue weighted by atomic mass is 19.1. The minimum atomic E-state index is -0.343. The smallest absolute Gasteiger partial charge is 0.250 e. The van der Waals surface area contributed by atoms with Crippen molar-refractivity contribution in [3.8, 4) is 0 Å². The van der Waals surface area contributed by atoms with E-state index in [9.17, 15) is 9.18 Å². The van der Waals surface area contributed by atoms with E-state index in [-0.39, 0.29) is 24.9 Å². The van der Waals surface area contributed by atoms with E-state index in [4.69, 9.17) is 10.5 Å². The second-order valence-electron chi connectivity index (χ2n) is 4.65. The fourth-order valence-electron chi connectivity index (χ4n) is 1.84. The van der Waals surface area contributed by atoms with Crippen LogP contribution in [-0.2, 0) is 16.1 Å². The van der Waals surface area contributed by atoms with Gasteiger partial charge in [-0.1, -0.05) is 24.3 Å². The first-order chi connectivity index (χ1) is 10.1. The lowest BCUT2D eigenvalue weighted by atomic mass is 10.1. The zero-order valence-corrected chi connectivity index (χ0v) is 11.7. The number of hydrogen-bond acceptors (Lipinski definition) is 3. The molecule has 0 saturated carbocycles. The van der Waals surface area contributed by atoms with Gasteiger partial charge in [-0.25, -0.2) is 4.39 Å². The van der Waals surface area contributed by atoms with Crippen molar-refractivity contribution in [3.05, 3.63) is 59.4 Å². The molecular weight excluding hydrogens is 271 g/mol. The molecular formula is C16H17FN2O2. The van der Waals surface area contributed by atoms with Crippen LogP contribution in [0, 0.1) is 12.7 Å². The third kappa shape index (κ3) is 4.03. The highest BCUT2D eigenvalue weighted by Crippen LogP contribution is 2.20. The quantitative estimate of drug-likeness (QED) is 0.831. The summed E-state index contributed by atoms with van der Waals surface area (Å²) in [5, 5.41) is 2.71. The van der Waals surface area contributed by atoms with Gasteiger partial charge in [0.25, 0.3) is 0 Å². The summed E-state index contributed by atoms with van der Waals surface area (Å²) in [7, 11) is 0. The Morgan fingerprint density at radius 1 is 1.24 bits per heavy atom. The van der Waals surface area contributed by atoms with Crippen LogP contribution in [-0.4, -0.2) is 12.5 Å². The molecule has 4 nitrogen and oxygen atoms in total. The van der Waals surface area contributed by atoms with Gasteiger partial charge in [-0.2, -0.15) is 0 Å². The van der Waals surface area contributed by atoms with Crippen LogP contribution in [0.1, 0.15) is 11.1 Å². The van der Waals surface area contributed by atoms with Gasteiger partial charge in [-0.15, -0.1) is 0 Å². The topological polar surface area (TPSA) is 64.3 Å². The molecule has 2 rings (SSSR count). The predicted molar refractivity (Wildman–Crippen MR) is 80.3 cm³/mol. The molecule has 0 aliphatic carbocycles. The first kappa shape index (κ1) is 15.0. The van der Waals surface area contributed by atoms with Gasteiger partial charge >= 0.3 is 0 Å². The third-order valence-corrected chi connectivity index (χ3v) is 3.10. The second kappa shape index (κ2) is 6.85. The van der Waals surface area contributed by atoms with E-state index in [1.165, 1.54) is 6.07 Å². The average molecular weight is 288 g/mol. The molecule has 21 heavy (non-hydrogen) atoms. The van der Waals surface area contributed by atoms with Crippen molar-refractivity contribution in [3.63, 3.8) is 0 Å². The number of ether oxygens (including phenoxy) is 1. The van der Waals surface area contributed by atoms with E-state index < -0.39 is 0 Å². The standard InChI is InChI=1S/C16H17FN2O2/c1-11-14(18)7-4-8-15(11)19-16(20)10-21-9-12-5-2-3-6-13(12)17/h2-8H,9-10,18H2,1H3,(H,19,20). The Kier molecular flexibility index (Phi) is 4.90. The van der Waals surface area contributed by atoms with Crippen LogP contribution >= 0.6 is 0 Å². The molecule has 2 aromatic carbocycles. The summed E-state index contributed by atoms with van der Waals surface area (Å²) in [5.74, 6) is -0.648. The zero-order chi connectivity index (χ0) is 15.2. The molecule has 110 valence electrons. The van der Waals surface area contributed by atoms with Crippen molar-refractivity contribution in [2.45, 2.75) is 13.5 Å². The number of nitrogens with one attached hydrogen (secondary N) is 1. The number of hydrogen-bond donors (Lipinski definition) is 2. The summed E-state index contributed by atoms with van der Waals surface area (Å²) < 4.78 is 18.6. The Bertz CT molecular complexity index is 644. The lowest BCUT2D eigenvalue weighted by Gasteiger charge is -2.10. The van der Waals surface area contributed by atoms with Crippen molar-refractivity contribution in [2.75, 3.05) is 17.7 Å². The summed E-state index contributed by atoms with van der Waals surface area (Å²) in [6.45, 7) is 1.73. The normalized spacial score (nSPS) is 10.4. The van der Waals surface area contributed by atoms with Crippen LogP contribution in [0.25, 0.3) is 0 Å². The summed E-state index contributed by atoms with van der Waals surface area (Å²) in [6.07, 6.45) is 0. The van der Waals surface area contributed by atoms with Crippen molar-refractivity contribution < 1.29 is 13.9 Å². The number of nitrogen functional groups attached to an aromatic ring is 1. The molecule has 0 unspecified atom stereocenters. The summed E-state index contributed by atoms with van der Waals surface area (Å²) >= 11 is 0. The van der Waals surface area contributed by atoms with Gasteiger partial charge in [0.2, 0.25) is 5.91 Å². The monoisotopic (exact) mass is 288 g/mol. The molecule has 0 spiro atoms. The van der Waals surface area contributed by atoms with Gasteiger partial charge in [0.1, 0.15) is 12.4 Å². The first-order valence-electron chi connectivity index (χ1n) is 6.54. The number of rotatable bonds is 5. The molecule has 0 fully saturated rings. The molecule has 3 N–H and O–H groups in total. The molecule has 0 aliphatic heterocycles. The van der Waals surface area contributed by atoms with Gasteiger partial charge in [0.05, 0.1) is 6.61 Å². The SMILES string of the molecule is Cc1c(N)cccc1NC(=O)COCc1ccccc1F. The fraction of sp³-hybridized carbons (Fsp3) is 0.188. The lowest BCUT2D eigenvalue weighted by molar-refractivity contribution is -0.121. The van der Waals surface area contributed by atoms with E-state index in [1.807, 2.05) is 6.92 Å². The van der Waals surface area contributed by atoms with Crippen LogP contribution in [0.4, 0.5) is 15.8 Å². The van der Waals surface area contributed by atoms with E-state index in [2.05, 4.69) is 5.32 Å². The zero-order valence-electron chi connectivity index (χ0n) is 11.7. The number of nitrogens with two attached hydrogens (primary N) is 1. The molecule has 0 saturated heterocycles. The highest BCUT2D eigenvalue weighted by Gasteiger charge is 2.07. The van der Waals surface area contributed by atoms with E-state index >= 15 is 0 Å². The number of amides is 1. The molecule has 0 bridgehead atoms. The first-order valence-corrected chi connectivity index (χ1v) is 6.54. The van der Waals surface area contributed by atoms with Gasteiger partial charge in [-0.3, -0.25) is 4.79 Å². The number of carbonyl (C=O) groups excluding carboxylic acids is 1. The number of benzene rings is 2.